The van der Waals surface area contributed by atoms with Crippen LogP contribution < -0.4 is 0 Å². The minimum Gasteiger partial charge on any atom is -0.382 e. The summed E-state index contributed by atoms with van der Waals surface area (Å²) in [6.07, 6.45) is 4.77. The van der Waals surface area contributed by atoms with E-state index in [-0.39, 0.29) is 24.2 Å². The van der Waals surface area contributed by atoms with Crippen molar-refractivity contribution >= 4 is 5.91 Å². The van der Waals surface area contributed by atoms with Crippen LogP contribution in [-0.4, -0.2) is 59.5 Å². The Balaban J connectivity index is 1.66. The van der Waals surface area contributed by atoms with Gasteiger partial charge in [-0.2, -0.15) is 5.10 Å². The predicted octanol–water partition coefficient (Wildman–Crippen LogP) is 0.818. The molecule has 0 bridgehead atoms. The molecule has 6 heteroatoms. The van der Waals surface area contributed by atoms with E-state index in [1.807, 2.05) is 4.90 Å². The zero-order chi connectivity index (χ0) is 13.2. The minimum absolute atomic E-state index is 0.0267. The van der Waals surface area contributed by atoms with Gasteiger partial charge in [-0.15, -0.1) is 0 Å². The number of methoxy groups -OCH3 is 1. The molecule has 1 aromatic rings. The second kappa shape index (κ2) is 5.30. The van der Waals surface area contributed by atoms with E-state index < -0.39 is 0 Å². The topological polar surface area (TPSA) is 67.5 Å². The van der Waals surface area contributed by atoms with Gasteiger partial charge in [0, 0.05) is 19.9 Å². The van der Waals surface area contributed by atoms with Crippen molar-refractivity contribution in [3.63, 3.8) is 0 Å². The Bertz CT molecular complexity index is 434. The summed E-state index contributed by atoms with van der Waals surface area (Å²) in [6, 6.07) is 1.91. The lowest BCUT2D eigenvalue weighted by Crippen LogP contribution is -2.46. The fourth-order valence-corrected chi connectivity index (χ4v) is 3.09. The lowest BCUT2D eigenvalue weighted by Gasteiger charge is -2.35. The third kappa shape index (κ3) is 2.37. The quantitative estimate of drug-likeness (QED) is 0.878. The molecule has 1 amide bonds. The number of likely N-dealkylation sites (tertiary alicyclic amines) is 1. The maximum atomic E-state index is 12.3. The van der Waals surface area contributed by atoms with Gasteiger partial charge in [0.25, 0.3) is 5.91 Å². The van der Waals surface area contributed by atoms with Crippen LogP contribution in [0.25, 0.3) is 0 Å². The molecule has 2 aliphatic heterocycles. The van der Waals surface area contributed by atoms with Gasteiger partial charge in [0.15, 0.2) is 0 Å². The molecule has 2 aliphatic rings. The Morgan fingerprint density at radius 3 is 3.21 bits per heavy atom. The third-order valence-electron chi connectivity index (χ3n) is 3.98. The van der Waals surface area contributed by atoms with Crippen molar-refractivity contribution in [1.82, 2.24) is 15.1 Å². The van der Waals surface area contributed by atoms with Crippen LogP contribution >= 0.6 is 0 Å². The van der Waals surface area contributed by atoms with Crippen molar-refractivity contribution in [2.45, 2.75) is 37.5 Å². The summed E-state index contributed by atoms with van der Waals surface area (Å²) in [5.41, 5.74) is 0.555. The molecule has 1 N–H and O–H groups in total. The van der Waals surface area contributed by atoms with E-state index in [1.54, 1.807) is 19.4 Å². The highest BCUT2D eigenvalue weighted by molar-refractivity contribution is 5.92. The molecule has 0 radical (unpaired) electrons. The van der Waals surface area contributed by atoms with Crippen molar-refractivity contribution in [3.8, 4) is 0 Å². The number of carbonyl (C=O) groups excluding carboxylic acids is 1. The van der Waals surface area contributed by atoms with Crippen LogP contribution in [-0.2, 0) is 9.47 Å². The summed E-state index contributed by atoms with van der Waals surface area (Å²) in [7, 11) is 1.69. The molecule has 0 unspecified atom stereocenters. The number of fused-ring (bicyclic) bond motifs is 1. The molecule has 1 aromatic heterocycles. The van der Waals surface area contributed by atoms with Gasteiger partial charge in [0.05, 0.1) is 24.9 Å². The first-order valence-electron chi connectivity index (χ1n) is 6.74. The van der Waals surface area contributed by atoms with E-state index in [0.29, 0.717) is 12.3 Å². The van der Waals surface area contributed by atoms with E-state index in [4.69, 9.17) is 9.47 Å². The normalized spacial score (nSPS) is 30.4. The second-order valence-corrected chi connectivity index (χ2v) is 5.15. The van der Waals surface area contributed by atoms with Gasteiger partial charge in [-0.25, -0.2) is 0 Å². The molecule has 0 saturated carbocycles. The Labute approximate surface area is 112 Å². The van der Waals surface area contributed by atoms with Crippen LogP contribution in [0.1, 0.15) is 29.8 Å². The molecule has 0 spiro atoms. The van der Waals surface area contributed by atoms with Gasteiger partial charge in [0.2, 0.25) is 0 Å². The van der Waals surface area contributed by atoms with Crippen molar-refractivity contribution in [3.05, 3.63) is 18.0 Å². The van der Waals surface area contributed by atoms with Crippen LogP contribution in [0.5, 0.6) is 0 Å². The average molecular weight is 265 g/mol. The number of carbonyl (C=O) groups is 1. The van der Waals surface area contributed by atoms with Crippen molar-refractivity contribution in [1.29, 1.82) is 0 Å². The van der Waals surface area contributed by atoms with Gasteiger partial charge >= 0.3 is 0 Å². The molecular formula is C13H19N3O3. The van der Waals surface area contributed by atoms with Gasteiger partial charge in [-0.1, -0.05) is 0 Å². The largest absolute Gasteiger partial charge is 0.382 e. The maximum Gasteiger partial charge on any atom is 0.272 e. The van der Waals surface area contributed by atoms with Crippen molar-refractivity contribution in [2.75, 3.05) is 20.3 Å². The Morgan fingerprint density at radius 1 is 1.58 bits per heavy atom. The van der Waals surface area contributed by atoms with Crippen LogP contribution in [0.3, 0.4) is 0 Å². The number of hydrogen-bond donors (Lipinski definition) is 1. The number of aromatic amines is 1. The zero-order valence-corrected chi connectivity index (χ0v) is 11.0. The Hall–Kier alpha value is -1.40. The van der Waals surface area contributed by atoms with Gasteiger partial charge < -0.3 is 14.4 Å². The van der Waals surface area contributed by atoms with Crippen LogP contribution in [0, 0.1) is 0 Å². The first-order valence-corrected chi connectivity index (χ1v) is 6.74. The molecule has 104 valence electrons. The Morgan fingerprint density at radius 2 is 2.47 bits per heavy atom. The number of aromatic nitrogens is 2. The molecular weight excluding hydrogens is 246 g/mol. The molecule has 6 nitrogen and oxygen atoms in total. The fraction of sp³-hybridized carbons (Fsp3) is 0.692. The summed E-state index contributed by atoms with van der Waals surface area (Å²) in [5, 5.41) is 6.57. The first kappa shape index (κ1) is 12.6. The minimum atomic E-state index is 0.0267. The second-order valence-electron chi connectivity index (χ2n) is 5.15. The standard InChI is InChI=1S/C13H19N3O3/c1-18-8-9-2-3-11-12(19-9)5-7-16(11)13(17)10-4-6-14-15-10/h4,6,9,11-12H,2-3,5,7-8H2,1H3,(H,14,15)/t9-,11-,12-/m1/s1. The number of ether oxygens (including phenoxy) is 2. The summed E-state index contributed by atoms with van der Waals surface area (Å²) in [5.74, 6) is 0.0267. The SMILES string of the molecule is COC[C@H]1CC[C@@H]2[C@@H](CCN2C(=O)c2ccn[nH]2)O1. The summed E-state index contributed by atoms with van der Waals surface area (Å²) in [4.78, 5) is 14.3. The average Bonchev–Trinajstić information content (AvgIpc) is 3.07. The third-order valence-corrected chi connectivity index (χ3v) is 3.98. The monoisotopic (exact) mass is 265 g/mol. The lowest BCUT2D eigenvalue weighted by atomic mass is 9.99. The number of rotatable bonds is 3. The molecule has 2 fully saturated rings. The highest BCUT2D eigenvalue weighted by Gasteiger charge is 2.42. The summed E-state index contributed by atoms with van der Waals surface area (Å²) >= 11 is 0. The predicted molar refractivity (Wildman–Crippen MR) is 67.8 cm³/mol. The van der Waals surface area contributed by atoms with Crippen molar-refractivity contribution < 1.29 is 14.3 Å². The van der Waals surface area contributed by atoms with E-state index in [0.717, 1.165) is 25.8 Å². The summed E-state index contributed by atoms with van der Waals surface area (Å²) < 4.78 is 11.1. The highest BCUT2D eigenvalue weighted by atomic mass is 16.5. The molecule has 19 heavy (non-hydrogen) atoms. The van der Waals surface area contributed by atoms with Crippen molar-refractivity contribution in [2.24, 2.45) is 0 Å². The lowest BCUT2D eigenvalue weighted by molar-refractivity contribution is -0.0903. The number of amides is 1. The molecule has 2 saturated heterocycles. The molecule has 0 aliphatic carbocycles. The number of nitrogens with one attached hydrogen (secondary N) is 1. The smallest absolute Gasteiger partial charge is 0.272 e. The number of hydrogen-bond acceptors (Lipinski definition) is 4. The summed E-state index contributed by atoms with van der Waals surface area (Å²) in [6.45, 7) is 1.39. The molecule has 3 heterocycles. The van der Waals surface area contributed by atoms with Crippen LogP contribution in [0.2, 0.25) is 0 Å². The van der Waals surface area contributed by atoms with Gasteiger partial charge in [-0.3, -0.25) is 9.89 Å². The van der Waals surface area contributed by atoms with Crippen LogP contribution in [0.4, 0.5) is 0 Å². The fourth-order valence-electron chi connectivity index (χ4n) is 3.09. The van der Waals surface area contributed by atoms with Gasteiger partial charge in [0.1, 0.15) is 5.69 Å². The first-order chi connectivity index (χ1) is 9.29. The number of H-pyrrole nitrogens is 1. The van der Waals surface area contributed by atoms with E-state index in [9.17, 15) is 4.79 Å². The van der Waals surface area contributed by atoms with E-state index in [2.05, 4.69) is 10.2 Å². The highest BCUT2D eigenvalue weighted by Crippen LogP contribution is 2.32. The number of nitrogens with zero attached hydrogens (tertiary/aromatic N) is 2. The van der Waals surface area contributed by atoms with Gasteiger partial charge in [-0.05, 0) is 25.3 Å². The van der Waals surface area contributed by atoms with E-state index >= 15 is 0 Å². The maximum absolute atomic E-state index is 12.3. The van der Waals surface area contributed by atoms with E-state index in [1.165, 1.54) is 0 Å². The van der Waals surface area contributed by atoms with Crippen LogP contribution in [0.15, 0.2) is 12.3 Å². The molecule has 0 aromatic carbocycles. The zero-order valence-electron chi connectivity index (χ0n) is 11.0. The molecule has 3 rings (SSSR count). The molecule has 3 atom stereocenters. The Kier molecular flexibility index (Phi) is 3.52.